The number of hydrogen-bond donors (Lipinski definition) is 0. The van der Waals surface area contributed by atoms with Crippen molar-refractivity contribution in [1.29, 1.82) is 0 Å². The molecular formula is C22H17NOS. The normalized spacial score (nSPS) is 10.9. The lowest BCUT2D eigenvalue weighted by molar-refractivity contribution is -0.107. The third kappa shape index (κ3) is 2.87. The predicted octanol–water partition coefficient (Wildman–Crippen LogP) is 5.68. The number of fused-ring (bicyclic) bond motifs is 1. The van der Waals surface area contributed by atoms with E-state index in [9.17, 15) is 4.79 Å². The highest BCUT2D eigenvalue weighted by molar-refractivity contribution is 7.21. The maximum Gasteiger partial charge on any atom is 0.124 e. The van der Waals surface area contributed by atoms with Gasteiger partial charge in [0.2, 0.25) is 0 Å². The van der Waals surface area contributed by atoms with E-state index in [1.807, 2.05) is 43.3 Å². The van der Waals surface area contributed by atoms with Gasteiger partial charge >= 0.3 is 0 Å². The summed E-state index contributed by atoms with van der Waals surface area (Å²) in [5.41, 5.74) is 5.41. The Labute approximate surface area is 150 Å². The molecule has 0 fully saturated rings. The van der Waals surface area contributed by atoms with Crippen LogP contribution in [0.4, 0.5) is 0 Å². The standard InChI is InChI=1S/C22H17NOS/c1-15-18(12-13-24)21(17-10-6-3-7-11-17)19-14-20(25-22(19)23-15)16-8-4-2-5-9-16/h2-11,13-14H,12H2,1H3. The predicted molar refractivity (Wildman–Crippen MR) is 105 cm³/mol. The molecule has 0 aliphatic heterocycles. The molecule has 0 amide bonds. The Morgan fingerprint density at radius 3 is 2.24 bits per heavy atom. The van der Waals surface area contributed by atoms with Gasteiger partial charge in [0.05, 0.1) is 0 Å². The van der Waals surface area contributed by atoms with Crippen molar-refractivity contribution in [1.82, 2.24) is 4.98 Å². The van der Waals surface area contributed by atoms with Crippen molar-refractivity contribution >= 4 is 27.8 Å². The molecule has 0 atom stereocenters. The highest BCUT2D eigenvalue weighted by Gasteiger charge is 2.17. The molecule has 4 rings (SSSR count). The van der Waals surface area contributed by atoms with Gasteiger partial charge in [-0.1, -0.05) is 60.7 Å². The lowest BCUT2D eigenvalue weighted by atomic mass is 9.94. The van der Waals surface area contributed by atoms with Gasteiger partial charge in [0.1, 0.15) is 11.1 Å². The first-order valence-electron chi connectivity index (χ1n) is 8.25. The van der Waals surface area contributed by atoms with Crippen molar-refractivity contribution in [2.45, 2.75) is 13.3 Å². The van der Waals surface area contributed by atoms with Crippen LogP contribution in [0, 0.1) is 6.92 Å². The van der Waals surface area contributed by atoms with Crippen molar-refractivity contribution in [3.05, 3.63) is 78.0 Å². The number of aromatic nitrogens is 1. The summed E-state index contributed by atoms with van der Waals surface area (Å²) < 4.78 is 0. The fourth-order valence-electron chi connectivity index (χ4n) is 3.22. The van der Waals surface area contributed by atoms with Crippen molar-refractivity contribution in [3.63, 3.8) is 0 Å². The van der Waals surface area contributed by atoms with E-state index in [1.54, 1.807) is 11.3 Å². The summed E-state index contributed by atoms with van der Waals surface area (Å²) >= 11 is 1.70. The van der Waals surface area contributed by atoms with E-state index in [2.05, 4.69) is 30.3 Å². The van der Waals surface area contributed by atoms with Crippen molar-refractivity contribution in [2.24, 2.45) is 0 Å². The summed E-state index contributed by atoms with van der Waals surface area (Å²) in [6.07, 6.45) is 1.35. The quantitative estimate of drug-likeness (QED) is 0.446. The van der Waals surface area contributed by atoms with E-state index in [1.165, 1.54) is 10.4 Å². The van der Waals surface area contributed by atoms with Crippen LogP contribution in [-0.2, 0) is 11.2 Å². The molecule has 2 nitrogen and oxygen atoms in total. The molecule has 0 spiro atoms. The highest BCUT2D eigenvalue weighted by atomic mass is 32.1. The first-order valence-corrected chi connectivity index (χ1v) is 9.07. The Morgan fingerprint density at radius 2 is 1.60 bits per heavy atom. The van der Waals surface area contributed by atoms with Gasteiger partial charge in [0, 0.05) is 22.4 Å². The molecule has 0 radical (unpaired) electrons. The molecule has 0 N–H and O–H groups in total. The van der Waals surface area contributed by atoms with Gasteiger partial charge in [-0.3, -0.25) is 0 Å². The number of carbonyl (C=O) groups excluding carboxylic acids is 1. The van der Waals surface area contributed by atoms with Crippen LogP contribution in [0.25, 0.3) is 31.8 Å². The van der Waals surface area contributed by atoms with Gasteiger partial charge in [0.25, 0.3) is 0 Å². The number of hydrogen-bond acceptors (Lipinski definition) is 3. The Bertz CT molecular complexity index is 1040. The van der Waals surface area contributed by atoms with Gasteiger partial charge < -0.3 is 4.79 Å². The Hall–Kier alpha value is -2.78. The first kappa shape index (κ1) is 15.7. The molecule has 0 saturated heterocycles. The molecule has 0 aliphatic rings. The average Bonchev–Trinajstić information content (AvgIpc) is 3.07. The molecule has 0 aliphatic carbocycles. The second kappa shape index (κ2) is 6.61. The van der Waals surface area contributed by atoms with E-state index in [-0.39, 0.29) is 0 Å². The molecule has 4 aromatic rings. The lowest BCUT2D eigenvalue weighted by Crippen LogP contribution is -1.98. The van der Waals surface area contributed by atoms with Crippen LogP contribution in [0.3, 0.4) is 0 Å². The minimum atomic E-state index is 0.384. The van der Waals surface area contributed by atoms with Gasteiger partial charge in [-0.05, 0) is 35.2 Å². The summed E-state index contributed by atoms with van der Waals surface area (Å²) in [6, 6.07) is 22.8. The Morgan fingerprint density at radius 1 is 0.960 bits per heavy atom. The van der Waals surface area contributed by atoms with Gasteiger partial charge in [-0.25, -0.2) is 4.98 Å². The summed E-state index contributed by atoms with van der Waals surface area (Å²) in [5, 5.41) is 1.12. The lowest BCUT2D eigenvalue weighted by Gasteiger charge is -2.12. The number of aldehydes is 1. The molecule has 0 bridgehead atoms. The maximum atomic E-state index is 11.2. The van der Waals surface area contributed by atoms with Crippen LogP contribution in [0.1, 0.15) is 11.3 Å². The highest BCUT2D eigenvalue weighted by Crippen LogP contribution is 2.40. The minimum Gasteiger partial charge on any atom is -0.303 e. The summed E-state index contributed by atoms with van der Waals surface area (Å²) in [4.78, 5) is 18.2. The van der Waals surface area contributed by atoms with Crippen LogP contribution in [0.15, 0.2) is 66.7 Å². The molecule has 122 valence electrons. The minimum absolute atomic E-state index is 0.384. The van der Waals surface area contributed by atoms with E-state index < -0.39 is 0 Å². The fourth-order valence-corrected chi connectivity index (χ4v) is 4.31. The third-order valence-corrected chi connectivity index (χ3v) is 5.48. The molecule has 2 aromatic carbocycles. The molecule has 2 heterocycles. The summed E-state index contributed by atoms with van der Waals surface area (Å²) in [5.74, 6) is 0. The zero-order valence-corrected chi connectivity index (χ0v) is 14.7. The van der Waals surface area contributed by atoms with E-state index >= 15 is 0 Å². The van der Waals surface area contributed by atoms with E-state index in [0.29, 0.717) is 6.42 Å². The van der Waals surface area contributed by atoms with E-state index in [4.69, 9.17) is 4.98 Å². The van der Waals surface area contributed by atoms with E-state index in [0.717, 1.165) is 38.9 Å². The number of benzene rings is 2. The largest absolute Gasteiger partial charge is 0.303 e. The van der Waals surface area contributed by atoms with Gasteiger partial charge in [-0.15, -0.1) is 11.3 Å². The van der Waals surface area contributed by atoms with Crippen LogP contribution >= 0.6 is 11.3 Å². The van der Waals surface area contributed by atoms with Crippen molar-refractivity contribution in [2.75, 3.05) is 0 Å². The SMILES string of the molecule is Cc1nc2sc(-c3ccccc3)cc2c(-c2ccccc2)c1CC=O. The number of nitrogens with zero attached hydrogens (tertiary/aromatic N) is 1. The topological polar surface area (TPSA) is 30.0 Å². The number of rotatable bonds is 4. The second-order valence-electron chi connectivity index (χ2n) is 5.98. The fraction of sp³-hybridized carbons (Fsp3) is 0.0909. The van der Waals surface area contributed by atoms with Gasteiger partial charge in [0.15, 0.2) is 0 Å². The summed E-state index contributed by atoms with van der Waals surface area (Å²) in [6.45, 7) is 1.99. The van der Waals surface area contributed by atoms with Crippen LogP contribution in [-0.4, -0.2) is 11.3 Å². The van der Waals surface area contributed by atoms with Crippen molar-refractivity contribution in [3.8, 4) is 21.6 Å². The van der Waals surface area contributed by atoms with Crippen molar-refractivity contribution < 1.29 is 4.79 Å². The zero-order chi connectivity index (χ0) is 17.2. The third-order valence-electron chi connectivity index (χ3n) is 4.40. The molecule has 0 unspecified atom stereocenters. The second-order valence-corrected chi connectivity index (χ2v) is 7.01. The summed E-state index contributed by atoms with van der Waals surface area (Å²) in [7, 11) is 0. The Balaban J connectivity index is 2.03. The van der Waals surface area contributed by atoms with Crippen LogP contribution < -0.4 is 0 Å². The van der Waals surface area contributed by atoms with Gasteiger partial charge in [-0.2, -0.15) is 0 Å². The zero-order valence-electron chi connectivity index (χ0n) is 13.9. The molecular weight excluding hydrogens is 326 g/mol. The Kier molecular flexibility index (Phi) is 4.16. The number of carbonyl (C=O) groups is 1. The number of aryl methyl sites for hydroxylation is 1. The molecule has 3 heteroatoms. The monoisotopic (exact) mass is 343 g/mol. The van der Waals surface area contributed by atoms with Crippen LogP contribution in [0.5, 0.6) is 0 Å². The average molecular weight is 343 g/mol. The maximum absolute atomic E-state index is 11.2. The number of thiophene rings is 1. The smallest absolute Gasteiger partial charge is 0.124 e. The molecule has 0 saturated carbocycles. The van der Waals surface area contributed by atoms with Crippen LogP contribution in [0.2, 0.25) is 0 Å². The molecule has 25 heavy (non-hydrogen) atoms. The number of pyridine rings is 1. The molecule has 2 aromatic heterocycles. The first-order chi connectivity index (χ1) is 12.3.